The lowest BCUT2D eigenvalue weighted by Gasteiger charge is -2.34. The van der Waals surface area contributed by atoms with Gasteiger partial charge in [-0.25, -0.2) is 19.6 Å². The topological polar surface area (TPSA) is 80.0 Å². The molecule has 0 spiro atoms. The summed E-state index contributed by atoms with van der Waals surface area (Å²) < 4.78 is 1.59. The van der Waals surface area contributed by atoms with E-state index >= 15 is 0 Å². The van der Waals surface area contributed by atoms with Crippen molar-refractivity contribution in [2.24, 2.45) is 0 Å². The van der Waals surface area contributed by atoms with Crippen molar-refractivity contribution < 1.29 is 4.79 Å². The molecule has 0 bridgehead atoms. The lowest BCUT2D eigenvalue weighted by Crippen LogP contribution is -2.48. The van der Waals surface area contributed by atoms with Crippen LogP contribution in [-0.2, 0) is 4.79 Å². The van der Waals surface area contributed by atoms with Gasteiger partial charge in [0, 0.05) is 43.3 Å². The minimum atomic E-state index is -0.0226. The number of amides is 1. The number of benzene rings is 1. The lowest BCUT2D eigenvalue weighted by atomic mass is 10.2. The number of halogens is 1. The molecule has 0 radical (unpaired) electrons. The molecule has 1 aromatic carbocycles. The molecule has 28 heavy (non-hydrogen) atoms. The summed E-state index contributed by atoms with van der Waals surface area (Å²) in [6, 6.07) is 9.31. The maximum Gasteiger partial charge on any atom is 0.246 e. The molecule has 3 heterocycles. The van der Waals surface area contributed by atoms with Crippen LogP contribution in [0.25, 0.3) is 11.9 Å². The lowest BCUT2D eigenvalue weighted by molar-refractivity contribution is -0.126. The standard InChI is InChI=1S/C19H18ClN7O/c20-16-4-2-1-3-15(16)5-6-19(28)26-9-7-25(8-10-26)17-11-18(23-13-22-17)27-14-21-12-24-27/h1-6,11-14H,7-10H2/b6-5+. The molecule has 1 aliphatic rings. The highest BCUT2D eigenvalue weighted by Crippen LogP contribution is 2.18. The quantitative estimate of drug-likeness (QED) is 0.629. The average molecular weight is 396 g/mol. The third kappa shape index (κ3) is 4.01. The van der Waals surface area contributed by atoms with Crippen molar-refractivity contribution >= 4 is 29.4 Å². The maximum absolute atomic E-state index is 12.5. The third-order valence-electron chi connectivity index (χ3n) is 4.52. The van der Waals surface area contributed by atoms with Crippen molar-refractivity contribution in [1.29, 1.82) is 0 Å². The zero-order valence-electron chi connectivity index (χ0n) is 15.0. The van der Waals surface area contributed by atoms with Gasteiger partial charge in [-0.3, -0.25) is 4.79 Å². The van der Waals surface area contributed by atoms with E-state index < -0.39 is 0 Å². The molecule has 1 saturated heterocycles. The fourth-order valence-electron chi connectivity index (χ4n) is 2.99. The first kappa shape index (κ1) is 18.1. The van der Waals surface area contributed by atoms with E-state index in [1.165, 1.54) is 12.7 Å². The van der Waals surface area contributed by atoms with Crippen molar-refractivity contribution in [3.05, 3.63) is 66.0 Å². The number of carbonyl (C=O) groups is 1. The first-order chi connectivity index (χ1) is 13.7. The number of hydrogen-bond acceptors (Lipinski definition) is 6. The Morgan fingerprint density at radius 2 is 1.82 bits per heavy atom. The van der Waals surface area contributed by atoms with Crippen LogP contribution in [-0.4, -0.2) is 61.7 Å². The average Bonchev–Trinajstić information content (AvgIpc) is 3.28. The van der Waals surface area contributed by atoms with E-state index in [9.17, 15) is 4.79 Å². The van der Waals surface area contributed by atoms with E-state index in [-0.39, 0.29) is 5.91 Å². The molecule has 0 unspecified atom stereocenters. The van der Waals surface area contributed by atoms with Gasteiger partial charge in [0.25, 0.3) is 0 Å². The van der Waals surface area contributed by atoms with Crippen LogP contribution in [0.1, 0.15) is 5.56 Å². The van der Waals surface area contributed by atoms with Crippen molar-refractivity contribution in [2.75, 3.05) is 31.1 Å². The summed E-state index contributed by atoms with van der Waals surface area (Å²) in [6.07, 6.45) is 7.89. The summed E-state index contributed by atoms with van der Waals surface area (Å²) in [6.45, 7) is 2.63. The highest BCUT2D eigenvalue weighted by atomic mass is 35.5. The molecule has 1 fully saturated rings. The Labute approximate surface area is 167 Å². The van der Waals surface area contributed by atoms with Crippen molar-refractivity contribution in [3.8, 4) is 5.82 Å². The Balaban J connectivity index is 1.38. The smallest absolute Gasteiger partial charge is 0.246 e. The molecule has 0 atom stereocenters. The number of carbonyl (C=O) groups excluding carboxylic acids is 1. The second kappa shape index (κ2) is 8.18. The molecule has 0 aliphatic carbocycles. The van der Waals surface area contributed by atoms with Gasteiger partial charge in [-0.2, -0.15) is 5.10 Å². The second-order valence-corrected chi connectivity index (χ2v) is 6.65. The Hall–Kier alpha value is -3.26. The van der Waals surface area contributed by atoms with Crippen LogP contribution in [0.5, 0.6) is 0 Å². The molecule has 142 valence electrons. The van der Waals surface area contributed by atoms with Gasteiger partial charge < -0.3 is 9.80 Å². The van der Waals surface area contributed by atoms with Gasteiger partial charge in [0.2, 0.25) is 5.91 Å². The summed E-state index contributed by atoms with van der Waals surface area (Å²) in [4.78, 5) is 28.9. The molecule has 8 nitrogen and oxygen atoms in total. The minimum absolute atomic E-state index is 0.0226. The molecule has 3 aromatic rings. The summed E-state index contributed by atoms with van der Waals surface area (Å²) in [5, 5.41) is 4.71. The van der Waals surface area contributed by atoms with Crippen LogP contribution >= 0.6 is 11.6 Å². The Kier molecular flexibility index (Phi) is 5.29. The van der Waals surface area contributed by atoms with Gasteiger partial charge in [-0.15, -0.1) is 0 Å². The first-order valence-corrected chi connectivity index (χ1v) is 9.22. The van der Waals surface area contributed by atoms with Gasteiger partial charge in [0.05, 0.1) is 0 Å². The van der Waals surface area contributed by atoms with E-state index in [4.69, 9.17) is 11.6 Å². The van der Waals surface area contributed by atoms with Gasteiger partial charge in [-0.1, -0.05) is 29.8 Å². The number of nitrogens with zero attached hydrogens (tertiary/aromatic N) is 7. The number of hydrogen-bond donors (Lipinski definition) is 0. The molecule has 0 saturated carbocycles. The maximum atomic E-state index is 12.5. The number of aromatic nitrogens is 5. The molecule has 4 rings (SSSR count). The van der Waals surface area contributed by atoms with Crippen LogP contribution in [0, 0.1) is 0 Å². The van der Waals surface area contributed by atoms with Gasteiger partial charge in [0.1, 0.15) is 24.8 Å². The van der Waals surface area contributed by atoms with Gasteiger partial charge >= 0.3 is 0 Å². The molecule has 1 aliphatic heterocycles. The second-order valence-electron chi connectivity index (χ2n) is 6.24. The Bertz CT molecular complexity index is 981. The molecule has 9 heteroatoms. The summed E-state index contributed by atoms with van der Waals surface area (Å²) in [5.41, 5.74) is 0.831. The normalized spacial score (nSPS) is 14.6. The van der Waals surface area contributed by atoms with E-state index in [1.54, 1.807) is 29.2 Å². The number of rotatable bonds is 4. The van der Waals surface area contributed by atoms with E-state index in [0.29, 0.717) is 37.0 Å². The van der Waals surface area contributed by atoms with Gasteiger partial charge in [0.15, 0.2) is 5.82 Å². The van der Waals surface area contributed by atoms with Crippen molar-refractivity contribution in [3.63, 3.8) is 0 Å². The summed E-state index contributed by atoms with van der Waals surface area (Å²) in [5.74, 6) is 1.44. The summed E-state index contributed by atoms with van der Waals surface area (Å²) >= 11 is 6.13. The van der Waals surface area contributed by atoms with Crippen molar-refractivity contribution in [2.45, 2.75) is 0 Å². The Morgan fingerprint density at radius 3 is 2.57 bits per heavy atom. The van der Waals surface area contributed by atoms with Gasteiger partial charge in [-0.05, 0) is 17.7 Å². The molecular weight excluding hydrogens is 378 g/mol. The molecule has 0 N–H and O–H groups in total. The summed E-state index contributed by atoms with van der Waals surface area (Å²) in [7, 11) is 0. The predicted octanol–water partition coefficient (Wildman–Crippen LogP) is 2.07. The fourth-order valence-corrected chi connectivity index (χ4v) is 3.19. The zero-order valence-corrected chi connectivity index (χ0v) is 15.8. The van der Waals surface area contributed by atoms with Crippen LogP contribution < -0.4 is 4.90 Å². The highest BCUT2D eigenvalue weighted by molar-refractivity contribution is 6.32. The molecule has 2 aromatic heterocycles. The first-order valence-electron chi connectivity index (χ1n) is 8.84. The SMILES string of the molecule is O=C(/C=C/c1ccccc1Cl)N1CCN(c2cc(-n3cncn3)ncn2)CC1. The van der Waals surface area contributed by atoms with E-state index in [0.717, 1.165) is 11.4 Å². The third-order valence-corrected chi connectivity index (χ3v) is 4.86. The van der Waals surface area contributed by atoms with E-state index in [2.05, 4.69) is 25.0 Å². The van der Waals surface area contributed by atoms with Crippen LogP contribution in [0.15, 0.2) is 55.4 Å². The van der Waals surface area contributed by atoms with Crippen LogP contribution in [0.4, 0.5) is 5.82 Å². The minimum Gasteiger partial charge on any atom is -0.353 e. The number of piperazine rings is 1. The molecular formula is C19H18ClN7O. The Morgan fingerprint density at radius 1 is 1.04 bits per heavy atom. The highest BCUT2D eigenvalue weighted by Gasteiger charge is 2.21. The fraction of sp³-hybridized carbons (Fsp3) is 0.211. The van der Waals surface area contributed by atoms with Crippen LogP contribution in [0.2, 0.25) is 5.02 Å². The van der Waals surface area contributed by atoms with Crippen molar-refractivity contribution in [1.82, 2.24) is 29.6 Å². The largest absolute Gasteiger partial charge is 0.353 e. The molecule has 1 amide bonds. The number of anilines is 1. The monoisotopic (exact) mass is 395 g/mol. The van der Waals surface area contributed by atoms with Crippen LogP contribution in [0.3, 0.4) is 0 Å². The zero-order chi connectivity index (χ0) is 19.3. The van der Waals surface area contributed by atoms with E-state index in [1.807, 2.05) is 29.2 Å². The predicted molar refractivity (Wildman–Crippen MR) is 106 cm³/mol.